The standard InChI is InChI=1S/C14H19NO2/c1-4-11-6-8-12(9-7-11)10-17-13(16)14(3,15)5-2/h4,6-9H,1,5,10,15H2,2-3H3. The summed E-state index contributed by atoms with van der Waals surface area (Å²) in [7, 11) is 0. The molecular formula is C14H19NO2. The van der Waals surface area contributed by atoms with Crippen LogP contribution in [0.15, 0.2) is 30.8 Å². The van der Waals surface area contributed by atoms with Gasteiger partial charge in [-0.25, -0.2) is 0 Å². The van der Waals surface area contributed by atoms with Crippen LogP contribution in [-0.4, -0.2) is 11.5 Å². The van der Waals surface area contributed by atoms with Gasteiger partial charge in [-0.05, 0) is 24.5 Å². The van der Waals surface area contributed by atoms with Gasteiger partial charge in [0.25, 0.3) is 0 Å². The summed E-state index contributed by atoms with van der Waals surface area (Å²) in [6.07, 6.45) is 2.32. The topological polar surface area (TPSA) is 52.3 Å². The number of carbonyl (C=O) groups excluding carboxylic acids is 1. The van der Waals surface area contributed by atoms with E-state index in [4.69, 9.17) is 10.5 Å². The van der Waals surface area contributed by atoms with Gasteiger partial charge in [0, 0.05) is 0 Å². The quantitative estimate of drug-likeness (QED) is 0.795. The normalized spacial score (nSPS) is 13.8. The highest BCUT2D eigenvalue weighted by Gasteiger charge is 2.27. The highest BCUT2D eigenvalue weighted by atomic mass is 16.5. The minimum Gasteiger partial charge on any atom is -0.459 e. The number of ether oxygens (including phenoxy) is 1. The molecule has 2 N–H and O–H groups in total. The number of esters is 1. The van der Waals surface area contributed by atoms with E-state index in [2.05, 4.69) is 6.58 Å². The first-order valence-electron chi connectivity index (χ1n) is 5.67. The van der Waals surface area contributed by atoms with E-state index in [0.717, 1.165) is 11.1 Å². The van der Waals surface area contributed by atoms with E-state index in [1.165, 1.54) is 0 Å². The molecule has 1 aromatic carbocycles. The second kappa shape index (κ2) is 5.64. The summed E-state index contributed by atoms with van der Waals surface area (Å²) >= 11 is 0. The molecule has 0 aliphatic heterocycles. The van der Waals surface area contributed by atoms with Crippen molar-refractivity contribution in [1.82, 2.24) is 0 Å². The summed E-state index contributed by atoms with van der Waals surface area (Å²) in [6.45, 7) is 7.47. The smallest absolute Gasteiger partial charge is 0.326 e. The fraction of sp³-hybridized carbons (Fsp3) is 0.357. The van der Waals surface area contributed by atoms with E-state index in [1.807, 2.05) is 31.2 Å². The van der Waals surface area contributed by atoms with Crippen molar-refractivity contribution < 1.29 is 9.53 Å². The Labute approximate surface area is 102 Å². The first-order valence-corrected chi connectivity index (χ1v) is 5.67. The van der Waals surface area contributed by atoms with E-state index in [-0.39, 0.29) is 12.6 Å². The van der Waals surface area contributed by atoms with Crippen LogP contribution in [0.4, 0.5) is 0 Å². The van der Waals surface area contributed by atoms with Crippen LogP contribution in [0.3, 0.4) is 0 Å². The minimum absolute atomic E-state index is 0.253. The fourth-order valence-electron chi connectivity index (χ4n) is 1.21. The highest BCUT2D eigenvalue weighted by Crippen LogP contribution is 2.11. The SMILES string of the molecule is C=Cc1ccc(COC(=O)C(C)(N)CC)cc1. The molecule has 0 spiro atoms. The maximum absolute atomic E-state index is 11.6. The lowest BCUT2D eigenvalue weighted by Gasteiger charge is -2.20. The third kappa shape index (κ3) is 3.71. The number of hydrogen-bond acceptors (Lipinski definition) is 3. The van der Waals surface area contributed by atoms with Crippen molar-refractivity contribution in [2.75, 3.05) is 0 Å². The fourth-order valence-corrected chi connectivity index (χ4v) is 1.21. The number of nitrogens with two attached hydrogens (primary N) is 1. The predicted octanol–water partition coefficient (Wildman–Crippen LogP) is 2.50. The zero-order chi connectivity index (χ0) is 12.9. The molecule has 0 heterocycles. The monoisotopic (exact) mass is 233 g/mol. The van der Waals surface area contributed by atoms with Crippen molar-refractivity contribution in [3.05, 3.63) is 42.0 Å². The first kappa shape index (κ1) is 13.5. The molecule has 0 aliphatic rings. The van der Waals surface area contributed by atoms with Crippen molar-refractivity contribution in [2.45, 2.75) is 32.4 Å². The van der Waals surface area contributed by atoms with Gasteiger partial charge >= 0.3 is 5.97 Å². The zero-order valence-corrected chi connectivity index (χ0v) is 10.4. The van der Waals surface area contributed by atoms with Crippen LogP contribution in [0.1, 0.15) is 31.4 Å². The van der Waals surface area contributed by atoms with Crippen LogP contribution in [0.2, 0.25) is 0 Å². The van der Waals surface area contributed by atoms with Gasteiger partial charge in [-0.3, -0.25) is 4.79 Å². The van der Waals surface area contributed by atoms with E-state index >= 15 is 0 Å². The van der Waals surface area contributed by atoms with Crippen LogP contribution < -0.4 is 5.73 Å². The number of carbonyl (C=O) groups is 1. The molecule has 17 heavy (non-hydrogen) atoms. The molecule has 0 amide bonds. The second-order valence-corrected chi connectivity index (χ2v) is 4.29. The summed E-state index contributed by atoms with van der Waals surface area (Å²) in [5, 5.41) is 0. The summed E-state index contributed by atoms with van der Waals surface area (Å²) in [6, 6.07) is 7.67. The summed E-state index contributed by atoms with van der Waals surface area (Å²) < 4.78 is 5.17. The lowest BCUT2D eigenvalue weighted by atomic mass is 10.0. The molecule has 0 radical (unpaired) electrons. The van der Waals surface area contributed by atoms with Crippen molar-refractivity contribution in [1.29, 1.82) is 0 Å². The van der Waals surface area contributed by atoms with Crippen LogP contribution in [0, 0.1) is 0 Å². The Morgan fingerprint density at radius 2 is 2.06 bits per heavy atom. The number of hydrogen-bond donors (Lipinski definition) is 1. The van der Waals surface area contributed by atoms with Crippen LogP contribution in [0.25, 0.3) is 6.08 Å². The summed E-state index contributed by atoms with van der Waals surface area (Å²) in [4.78, 5) is 11.6. The first-order chi connectivity index (χ1) is 7.99. The average molecular weight is 233 g/mol. The molecule has 3 nitrogen and oxygen atoms in total. The highest BCUT2D eigenvalue weighted by molar-refractivity contribution is 5.79. The largest absolute Gasteiger partial charge is 0.459 e. The molecule has 1 rings (SSSR count). The molecule has 0 saturated carbocycles. The van der Waals surface area contributed by atoms with E-state index in [1.54, 1.807) is 13.0 Å². The van der Waals surface area contributed by atoms with Gasteiger partial charge in [-0.15, -0.1) is 0 Å². The van der Waals surface area contributed by atoms with Gasteiger partial charge in [-0.1, -0.05) is 43.8 Å². The van der Waals surface area contributed by atoms with Crippen LogP contribution in [-0.2, 0) is 16.1 Å². The molecule has 1 unspecified atom stereocenters. The molecule has 0 aliphatic carbocycles. The van der Waals surface area contributed by atoms with Gasteiger partial charge in [0.2, 0.25) is 0 Å². The third-order valence-electron chi connectivity index (χ3n) is 2.79. The summed E-state index contributed by atoms with van der Waals surface area (Å²) in [5.41, 5.74) is 6.86. The average Bonchev–Trinajstić information content (AvgIpc) is 2.36. The van der Waals surface area contributed by atoms with Crippen molar-refractivity contribution in [3.8, 4) is 0 Å². The minimum atomic E-state index is -0.902. The molecule has 92 valence electrons. The van der Waals surface area contributed by atoms with Gasteiger partial charge in [0.1, 0.15) is 12.1 Å². The Kier molecular flexibility index (Phi) is 4.46. The molecule has 0 saturated heterocycles. The van der Waals surface area contributed by atoms with Crippen LogP contribution in [0.5, 0.6) is 0 Å². The molecule has 0 aromatic heterocycles. The molecule has 0 bridgehead atoms. The van der Waals surface area contributed by atoms with Gasteiger partial charge in [0.15, 0.2) is 0 Å². The van der Waals surface area contributed by atoms with Crippen molar-refractivity contribution >= 4 is 12.0 Å². The Hall–Kier alpha value is -1.61. The molecule has 1 aromatic rings. The molecule has 3 heteroatoms. The lowest BCUT2D eigenvalue weighted by molar-refractivity contribution is -0.151. The number of rotatable bonds is 5. The lowest BCUT2D eigenvalue weighted by Crippen LogP contribution is -2.45. The van der Waals surface area contributed by atoms with Crippen molar-refractivity contribution in [2.24, 2.45) is 5.73 Å². The number of benzene rings is 1. The molecule has 1 atom stereocenters. The predicted molar refractivity (Wildman–Crippen MR) is 69.2 cm³/mol. The second-order valence-electron chi connectivity index (χ2n) is 4.29. The van der Waals surface area contributed by atoms with Crippen molar-refractivity contribution in [3.63, 3.8) is 0 Å². The Morgan fingerprint density at radius 1 is 1.47 bits per heavy atom. The van der Waals surface area contributed by atoms with E-state index in [9.17, 15) is 4.79 Å². The van der Waals surface area contributed by atoms with Crippen LogP contribution >= 0.6 is 0 Å². The molecular weight excluding hydrogens is 214 g/mol. The maximum Gasteiger partial charge on any atom is 0.326 e. The Morgan fingerprint density at radius 3 is 2.53 bits per heavy atom. The van der Waals surface area contributed by atoms with E-state index < -0.39 is 5.54 Å². The molecule has 0 fully saturated rings. The van der Waals surface area contributed by atoms with Gasteiger partial charge in [-0.2, -0.15) is 0 Å². The summed E-state index contributed by atoms with van der Waals surface area (Å²) in [5.74, 6) is -0.368. The third-order valence-corrected chi connectivity index (χ3v) is 2.79. The van der Waals surface area contributed by atoms with Gasteiger partial charge < -0.3 is 10.5 Å². The maximum atomic E-state index is 11.6. The Bertz CT molecular complexity index is 393. The zero-order valence-electron chi connectivity index (χ0n) is 10.4. The van der Waals surface area contributed by atoms with E-state index in [0.29, 0.717) is 6.42 Å². The Balaban J connectivity index is 2.55. The van der Waals surface area contributed by atoms with Gasteiger partial charge in [0.05, 0.1) is 0 Å².